The van der Waals surface area contributed by atoms with Crippen LogP contribution in [0.15, 0.2) is 42.5 Å². The van der Waals surface area contributed by atoms with Gasteiger partial charge in [0.1, 0.15) is 0 Å². The van der Waals surface area contributed by atoms with E-state index in [1.807, 2.05) is 6.07 Å². The fraction of sp³-hybridized carbons (Fsp3) is 0.263. The van der Waals surface area contributed by atoms with Crippen molar-refractivity contribution in [1.82, 2.24) is 15.9 Å². The van der Waals surface area contributed by atoms with E-state index in [2.05, 4.69) is 29.6 Å². The Kier molecular flexibility index (Phi) is 5.62. The third kappa shape index (κ3) is 4.26. The van der Waals surface area contributed by atoms with E-state index in [0.29, 0.717) is 5.56 Å². The SMILES string of the molecule is CN1CCc2cc(CONC(=O)c3ccc(C(=O)NO)cc3)ccc2C1. The molecule has 3 N–H and O–H groups in total. The second-order valence-corrected chi connectivity index (χ2v) is 6.33. The van der Waals surface area contributed by atoms with Crippen LogP contribution in [-0.4, -0.2) is 35.5 Å². The molecule has 0 unspecified atom stereocenters. The molecule has 0 fully saturated rings. The van der Waals surface area contributed by atoms with Crippen LogP contribution in [0.2, 0.25) is 0 Å². The summed E-state index contributed by atoms with van der Waals surface area (Å²) in [5, 5.41) is 8.58. The van der Waals surface area contributed by atoms with E-state index >= 15 is 0 Å². The number of fused-ring (bicyclic) bond motifs is 1. The molecule has 1 aliphatic heterocycles. The number of hydrogen-bond donors (Lipinski definition) is 3. The fourth-order valence-corrected chi connectivity index (χ4v) is 2.92. The van der Waals surface area contributed by atoms with Crippen molar-refractivity contribution in [1.29, 1.82) is 0 Å². The van der Waals surface area contributed by atoms with Gasteiger partial charge in [-0.25, -0.2) is 11.0 Å². The number of likely N-dealkylation sites (N-methyl/N-ethyl adjacent to an activating group) is 1. The molecule has 7 heteroatoms. The number of carbonyl (C=O) groups is 2. The number of carbonyl (C=O) groups excluding carboxylic acids is 2. The molecule has 26 heavy (non-hydrogen) atoms. The molecule has 1 heterocycles. The minimum Gasteiger partial charge on any atom is -0.302 e. The third-order valence-electron chi connectivity index (χ3n) is 4.39. The maximum Gasteiger partial charge on any atom is 0.274 e. The molecule has 0 saturated carbocycles. The first-order valence-electron chi connectivity index (χ1n) is 8.32. The molecule has 0 saturated heterocycles. The van der Waals surface area contributed by atoms with Crippen molar-refractivity contribution in [2.24, 2.45) is 0 Å². The van der Waals surface area contributed by atoms with Crippen LogP contribution in [0.3, 0.4) is 0 Å². The van der Waals surface area contributed by atoms with Gasteiger partial charge in [-0.2, -0.15) is 0 Å². The lowest BCUT2D eigenvalue weighted by Crippen LogP contribution is -2.27. The summed E-state index contributed by atoms with van der Waals surface area (Å²) < 4.78 is 0. The predicted molar refractivity (Wildman–Crippen MR) is 94.4 cm³/mol. The smallest absolute Gasteiger partial charge is 0.274 e. The van der Waals surface area contributed by atoms with Crippen LogP contribution in [0.1, 0.15) is 37.4 Å². The number of nitrogens with zero attached hydrogens (tertiary/aromatic N) is 1. The summed E-state index contributed by atoms with van der Waals surface area (Å²) in [5.74, 6) is -1.03. The van der Waals surface area contributed by atoms with Gasteiger partial charge in [-0.05, 0) is 54.4 Å². The average molecular weight is 355 g/mol. The van der Waals surface area contributed by atoms with Gasteiger partial charge in [0.05, 0.1) is 6.61 Å². The first-order valence-corrected chi connectivity index (χ1v) is 8.32. The summed E-state index contributed by atoms with van der Waals surface area (Å²) >= 11 is 0. The van der Waals surface area contributed by atoms with E-state index in [0.717, 1.165) is 25.1 Å². The van der Waals surface area contributed by atoms with Crippen molar-refractivity contribution in [2.75, 3.05) is 13.6 Å². The van der Waals surface area contributed by atoms with E-state index in [4.69, 9.17) is 10.0 Å². The summed E-state index contributed by atoms with van der Waals surface area (Å²) in [4.78, 5) is 30.9. The zero-order chi connectivity index (χ0) is 18.5. The first-order chi connectivity index (χ1) is 12.6. The number of hydrogen-bond acceptors (Lipinski definition) is 5. The van der Waals surface area contributed by atoms with Crippen molar-refractivity contribution in [3.8, 4) is 0 Å². The zero-order valence-electron chi connectivity index (χ0n) is 14.5. The number of hydroxylamine groups is 2. The van der Waals surface area contributed by atoms with E-state index in [9.17, 15) is 9.59 Å². The Balaban J connectivity index is 1.53. The number of nitrogens with one attached hydrogen (secondary N) is 2. The minimum atomic E-state index is -0.633. The topological polar surface area (TPSA) is 90.9 Å². The predicted octanol–water partition coefficient (Wildman–Crippen LogP) is 1.66. The van der Waals surface area contributed by atoms with Crippen LogP contribution in [0.5, 0.6) is 0 Å². The molecule has 0 bridgehead atoms. The largest absolute Gasteiger partial charge is 0.302 e. The number of rotatable bonds is 5. The Morgan fingerprint density at radius 2 is 1.77 bits per heavy atom. The normalized spacial score (nSPS) is 13.8. The molecule has 136 valence electrons. The van der Waals surface area contributed by atoms with Crippen molar-refractivity contribution < 1.29 is 19.6 Å². The highest BCUT2D eigenvalue weighted by Crippen LogP contribution is 2.19. The van der Waals surface area contributed by atoms with Crippen LogP contribution in [0.25, 0.3) is 0 Å². The summed E-state index contributed by atoms with van der Waals surface area (Å²) in [6, 6.07) is 12.1. The third-order valence-corrected chi connectivity index (χ3v) is 4.39. The Hall–Kier alpha value is -2.74. The maximum atomic E-state index is 12.1. The van der Waals surface area contributed by atoms with Gasteiger partial charge in [-0.1, -0.05) is 18.2 Å². The summed E-state index contributed by atoms with van der Waals surface area (Å²) in [6.07, 6.45) is 1.01. The molecule has 3 rings (SSSR count). The van der Waals surface area contributed by atoms with Gasteiger partial charge >= 0.3 is 0 Å². The van der Waals surface area contributed by atoms with Crippen molar-refractivity contribution >= 4 is 11.8 Å². The van der Waals surface area contributed by atoms with E-state index in [1.165, 1.54) is 40.9 Å². The minimum absolute atomic E-state index is 0.254. The van der Waals surface area contributed by atoms with E-state index in [1.54, 1.807) is 0 Å². The van der Waals surface area contributed by atoms with Gasteiger partial charge in [0.2, 0.25) is 0 Å². The second-order valence-electron chi connectivity index (χ2n) is 6.33. The van der Waals surface area contributed by atoms with E-state index < -0.39 is 11.8 Å². The summed E-state index contributed by atoms with van der Waals surface area (Å²) in [7, 11) is 2.11. The Morgan fingerprint density at radius 3 is 2.46 bits per heavy atom. The molecule has 0 spiro atoms. The van der Waals surface area contributed by atoms with Crippen LogP contribution >= 0.6 is 0 Å². The lowest BCUT2D eigenvalue weighted by atomic mass is 9.98. The molecule has 2 amide bonds. The Morgan fingerprint density at radius 1 is 1.08 bits per heavy atom. The van der Waals surface area contributed by atoms with Crippen LogP contribution < -0.4 is 11.0 Å². The first kappa shape index (κ1) is 18.1. The van der Waals surface area contributed by atoms with Crippen molar-refractivity contribution in [3.05, 3.63) is 70.3 Å². The quantitative estimate of drug-likeness (QED) is 0.560. The fourth-order valence-electron chi connectivity index (χ4n) is 2.92. The molecule has 0 aliphatic carbocycles. The molecule has 0 atom stereocenters. The molecule has 2 aromatic carbocycles. The van der Waals surface area contributed by atoms with Crippen LogP contribution in [-0.2, 0) is 24.4 Å². The standard InChI is InChI=1S/C19H21N3O4/c1-22-9-8-16-10-13(2-3-17(16)11-22)12-26-21-19(24)15-6-4-14(5-7-15)18(23)20-25/h2-7,10,25H,8-9,11-12H2,1H3,(H,20,23)(H,21,24). The summed E-state index contributed by atoms with van der Waals surface area (Å²) in [6.45, 7) is 2.27. The Labute approximate surface area is 151 Å². The maximum absolute atomic E-state index is 12.1. The second kappa shape index (κ2) is 8.09. The van der Waals surface area contributed by atoms with Gasteiger partial charge in [-0.3, -0.25) is 19.6 Å². The van der Waals surface area contributed by atoms with Gasteiger partial charge in [0.25, 0.3) is 11.8 Å². The highest BCUT2D eigenvalue weighted by Gasteiger charge is 2.13. The molecule has 1 aliphatic rings. The van der Waals surface area contributed by atoms with Crippen molar-refractivity contribution in [2.45, 2.75) is 19.6 Å². The Bertz CT molecular complexity index is 805. The van der Waals surface area contributed by atoms with Gasteiger partial charge < -0.3 is 4.90 Å². The number of amides is 2. The zero-order valence-corrected chi connectivity index (χ0v) is 14.5. The van der Waals surface area contributed by atoms with Crippen LogP contribution in [0, 0.1) is 0 Å². The summed E-state index contributed by atoms with van der Waals surface area (Å²) in [5.41, 5.74) is 8.21. The monoisotopic (exact) mass is 355 g/mol. The van der Waals surface area contributed by atoms with E-state index in [-0.39, 0.29) is 12.2 Å². The highest BCUT2D eigenvalue weighted by atomic mass is 16.6. The van der Waals surface area contributed by atoms with Crippen molar-refractivity contribution in [3.63, 3.8) is 0 Å². The van der Waals surface area contributed by atoms with Gasteiger partial charge in [0.15, 0.2) is 0 Å². The highest BCUT2D eigenvalue weighted by molar-refractivity contribution is 5.97. The van der Waals surface area contributed by atoms with Gasteiger partial charge in [0, 0.05) is 24.2 Å². The molecule has 0 radical (unpaired) electrons. The molecule has 2 aromatic rings. The van der Waals surface area contributed by atoms with Gasteiger partial charge in [-0.15, -0.1) is 0 Å². The molecule has 0 aromatic heterocycles. The van der Waals surface area contributed by atoms with Crippen LogP contribution in [0.4, 0.5) is 0 Å². The average Bonchev–Trinajstić information content (AvgIpc) is 2.67. The molecular formula is C19H21N3O4. The number of benzene rings is 2. The molecular weight excluding hydrogens is 334 g/mol. The molecule has 7 nitrogen and oxygen atoms in total. The lowest BCUT2D eigenvalue weighted by Gasteiger charge is -2.25. The lowest BCUT2D eigenvalue weighted by molar-refractivity contribution is 0.0233.